The van der Waals surface area contributed by atoms with E-state index in [1.807, 2.05) is 0 Å². The van der Waals surface area contributed by atoms with Gasteiger partial charge in [-0.3, -0.25) is 4.99 Å². The molecule has 0 aromatic heterocycles. The van der Waals surface area contributed by atoms with Crippen LogP contribution in [-0.2, 0) is 19.3 Å². The first-order chi connectivity index (χ1) is 10.7. The van der Waals surface area contributed by atoms with E-state index in [1.165, 1.54) is 41.5 Å². The van der Waals surface area contributed by atoms with Gasteiger partial charge in [-0.2, -0.15) is 0 Å². The number of nitrogens with two attached hydrogens (primary N) is 1. The lowest BCUT2D eigenvalue weighted by molar-refractivity contribution is 0.912. The predicted molar refractivity (Wildman–Crippen MR) is 93.5 cm³/mol. The van der Waals surface area contributed by atoms with Crippen LogP contribution in [0, 0.1) is 6.92 Å². The molecule has 0 unspecified atom stereocenters. The van der Waals surface area contributed by atoms with Gasteiger partial charge in [0.05, 0.1) is 0 Å². The Labute approximate surface area is 132 Å². The van der Waals surface area contributed by atoms with E-state index in [0.717, 1.165) is 12.1 Å². The number of hydrogen-bond acceptors (Lipinski definition) is 1. The topological polar surface area (TPSA) is 50.4 Å². The summed E-state index contributed by atoms with van der Waals surface area (Å²) >= 11 is 0. The Bertz CT molecular complexity index is 689. The van der Waals surface area contributed by atoms with Gasteiger partial charge in [0, 0.05) is 12.2 Å². The minimum absolute atomic E-state index is 0.492. The standard InChI is InChI=1S/C19H23N3/c1-14-5-2-3-6-15(14)11-12-21-19(20)22-18-10-9-16-7-4-8-17(16)13-18/h2-3,5-6,9-10,13H,4,7-8,11-12H2,1H3,(H3,20,21,22). The third-order valence-electron chi connectivity index (χ3n) is 4.30. The molecule has 2 aromatic rings. The highest BCUT2D eigenvalue weighted by Crippen LogP contribution is 2.24. The van der Waals surface area contributed by atoms with Crippen molar-refractivity contribution in [3.05, 3.63) is 64.7 Å². The Morgan fingerprint density at radius 3 is 2.82 bits per heavy atom. The number of rotatable bonds is 4. The summed E-state index contributed by atoms with van der Waals surface area (Å²) in [6, 6.07) is 14.9. The SMILES string of the molecule is Cc1ccccc1CCN=C(N)Nc1ccc2c(c1)CCC2. The minimum atomic E-state index is 0.492. The summed E-state index contributed by atoms with van der Waals surface area (Å²) in [5, 5.41) is 3.20. The van der Waals surface area contributed by atoms with Crippen LogP contribution in [0.1, 0.15) is 28.7 Å². The van der Waals surface area contributed by atoms with Crippen molar-refractivity contribution in [3.8, 4) is 0 Å². The average Bonchev–Trinajstić information content (AvgIpc) is 2.97. The maximum atomic E-state index is 5.99. The number of aliphatic imine (C=N–C) groups is 1. The molecule has 1 aliphatic carbocycles. The summed E-state index contributed by atoms with van der Waals surface area (Å²) in [4.78, 5) is 4.43. The number of fused-ring (bicyclic) bond motifs is 1. The Kier molecular flexibility index (Phi) is 4.42. The molecule has 0 saturated heterocycles. The molecule has 0 bridgehead atoms. The van der Waals surface area contributed by atoms with Gasteiger partial charge in [0.25, 0.3) is 0 Å². The fourth-order valence-corrected chi connectivity index (χ4v) is 3.02. The van der Waals surface area contributed by atoms with E-state index in [9.17, 15) is 0 Å². The molecule has 0 spiro atoms. The van der Waals surface area contributed by atoms with Crippen molar-refractivity contribution in [1.82, 2.24) is 0 Å². The van der Waals surface area contributed by atoms with Gasteiger partial charge in [0.2, 0.25) is 0 Å². The predicted octanol–water partition coefficient (Wildman–Crippen LogP) is 3.45. The first-order valence-corrected chi connectivity index (χ1v) is 7.95. The van der Waals surface area contributed by atoms with E-state index >= 15 is 0 Å². The van der Waals surface area contributed by atoms with E-state index < -0.39 is 0 Å². The normalized spacial score (nSPS) is 14.0. The van der Waals surface area contributed by atoms with Gasteiger partial charge < -0.3 is 11.1 Å². The molecule has 2 aromatic carbocycles. The molecule has 1 aliphatic rings. The number of nitrogens with zero attached hydrogens (tertiary/aromatic N) is 1. The van der Waals surface area contributed by atoms with Crippen LogP contribution < -0.4 is 11.1 Å². The molecule has 3 N–H and O–H groups in total. The molecular formula is C19H23N3. The van der Waals surface area contributed by atoms with Gasteiger partial charge in [-0.15, -0.1) is 0 Å². The van der Waals surface area contributed by atoms with Crippen molar-refractivity contribution >= 4 is 11.6 Å². The monoisotopic (exact) mass is 293 g/mol. The van der Waals surface area contributed by atoms with Crippen molar-refractivity contribution in [2.75, 3.05) is 11.9 Å². The smallest absolute Gasteiger partial charge is 0.193 e. The van der Waals surface area contributed by atoms with Gasteiger partial charge in [0.15, 0.2) is 5.96 Å². The maximum Gasteiger partial charge on any atom is 0.193 e. The molecule has 0 heterocycles. The van der Waals surface area contributed by atoms with E-state index in [0.29, 0.717) is 12.5 Å². The lowest BCUT2D eigenvalue weighted by Crippen LogP contribution is -2.23. The van der Waals surface area contributed by atoms with Gasteiger partial charge >= 0.3 is 0 Å². The second-order valence-electron chi connectivity index (χ2n) is 5.91. The first kappa shape index (κ1) is 14.6. The third-order valence-corrected chi connectivity index (χ3v) is 4.30. The van der Waals surface area contributed by atoms with Crippen LogP contribution in [0.2, 0.25) is 0 Å². The fourth-order valence-electron chi connectivity index (χ4n) is 3.02. The highest BCUT2D eigenvalue weighted by molar-refractivity contribution is 5.92. The second-order valence-corrected chi connectivity index (χ2v) is 5.91. The van der Waals surface area contributed by atoms with Crippen molar-refractivity contribution in [2.45, 2.75) is 32.6 Å². The maximum absolute atomic E-state index is 5.99. The largest absolute Gasteiger partial charge is 0.370 e. The molecule has 0 saturated carbocycles. The van der Waals surface area contributed by atoms with Crippen LogP contribution in [0.4, 0.5) is 5.69 Å². The van der Waals surface area contributed by atoms with Crippen LogP contribution in [-0.4, -0.2) is 12.5 Å². The number of guanidine groups is 1. The fraction of sp³-hybridized carbons (Fsp3) is 0.316. The Morgan fingerprint density at radius 1 is 1.14 bits per heavy atom. The highest BCUT2D eigenvalue weighted by atomic mass is 15.1. The van der Waals surface area contributed by atoms with E-state index in [1.54, 1.807) is 0 Å². The summed E-state index contributed by atoms with van der Waals surface area (Å²) in [6.07, 6.45) is 4.56. The lowest BCUT2D eigenvalue weighted by Gasteiger charge is -2.08. The van der Waals surface area contributed by atoms with E-state index in [2.05, 4.69) is 59.7 Å². The number of hydrogen-bond donors (Lipinski definition) is 2. The molecule has 0 amide bonds. The zero-order chi connectivity index (χ0) is 15.4. The zero-order valence-electron chi connectivity index (χ0n) is 13.1. The molecule has 0 aliphatic heterocycles. The van der Waals surface area contributed by atoms with Crippen LogP contribution in [0.3, 0.4) is 0 Å². The van der Waals surface area contributed by atoms with Gasteiger partial charge in [-0.05, 0) is 67.0 Å². The molecule has 0 atom stereocenters. The van der Waals surface area contributed by atoms with Crippen molar-refractivity contribution < 1.29 is 0 Å². The molecule has 22 heavy (non-hydrogen) atoms. The number of aryl methyl sites for hydroxylation is 3. The number of nitrogens with one attached hydrogen (secondary N) is 1. The van der Waals surface area contributed by atoms with Crippen LogP contribution in [0.15, 0.2) is 47.5 Å². The molecule has 0 radical (unpaired) electrons. The molecule has 3 nitrogen and oxygen atoms in total. The van der Waals surface area contributed by atoms with Gasteiger partial charge in [-0.1, -0.05) is 30.3 Å². The van der Waals surface area contributed by atoms with Crippen LogP contribution >= 0.6 is 0 Å². The summed E-state index contributed by atoms with van der Waals surface area (Å²) < 4.78 is 0. The second kappa shape index (κ2) is 6.65. The minimum Gasteiger partial charge on any atom is -0.370 e. The lowest BCUT2D eigenvalue weighted by atomic mass is 10.1. The Morgan fingerprint density at radius 2 is 1.95 bits per heavy atom. The van der Waals surface area contributed by atoms with Crippen LogP contribution in [0.25, 0.3) is 0 Å². The Balaban J connectivity index is 1.57. The van der Waals surface area contributed by atoms with E-state index in [-0.39, 0.29) is 0 Å². The van der Waals surface area contributed by atoms with Crippen molar-refractivity contribution in [3.63, 3.8) is 0 Å². The van der Waals surface area contributed by atoms with Crippen LogP contribution in [0.5, 0.6) is 0 Å². The third kappa shape index (κ3) is 3.48. The number of benzene rings is 2. The average molecular weight is 293 g/mol. The number of anilines is 1. The first-order valence-electron chi connectivity index (χ1n) is 7.95. The molecule has 114 valence electrons. The molecule has 0 fully saturated rings. The molecule has 3 heteroatoms. The zero-order valence-corrected chi connectivity index (χ0v) is 13.1. The molecule has 3 rings (SSSR count). The van der Waals surface area contributed by atoms with Crippen molar-refractivity contribution in [2.24, 2.45) is 10.7 Å². The quantitative estimate of drug-likeness (QED) is 0.670. The molecular weight excluding hydrogens is 270 g/mol. The van der Waals surface area contributed by atoms with E-state index in [4.69, 9.17) is 5.73 Å². The summed E-state index contributed by atoms with van der Waals surface area (Å²) in [6.45, 7) is 2.83. The van der Waals surface area contributed by atoms with Gasteiger partial charge in [-0.25, -0.2) is 0 Å². The summed E-state index contributed by atoms with van der Waals surface area (Å²) in [5.41, 5.74) is 12.6. The summed E-state index contributed by atoms with van der Waals surface area (Å²) in [7, 11) is 0. The van der Waals surface area contributed by atoms with Gasteiger partial charge in [0.1, 0.15) is 0 Å². The van der Waals surface area contributed by atoms with Crippen molar-refractivity contribution in [1.29, 1.82) is 0 Å². The highest BCUT2D eigenvalue weighted by Gasteiger charge is 2.10. The summed E-state index contributed by atoms with van der Waals surface area (Å²) in [5.74, 6) is 0.492. The Hall–Kier alpha value is -2.29.